The number of rotatable bonds is 3. The Morgan fingerprint density at radius 1 is 1.75 bits per heavy atom. The molecule has 0 spiro atoms. The van der Waals surface area contributed by atoms with Gasteiger partial charge in [-0.1, -0.05) is 6.58 Å². The van der Waals surface area contributed by atoms with E-state index in [0.29, 0.717) is 10.2 Å². The second-order valence-corrected chi connectivity index (χ2v) is 3.94. The Hall–Kier alpha value is -0.100. The van der Waals surface area contributed by atoms with Crippen molar-refractivity contribution in [1.82, 2.24) is 0 Å². The normalized spacial score (nSPS) is 22.2. The number of hydrogen-bond acceptors (Lipinski definition) is 3. The van der Waals surface area contributed by atoms with Crippen LogP contribution in [0, 0.1) is 0 Å². The zero-order chi connectivity index (χ0) is 8.97. The van der Waals surface area contributed by atoms with E-state index in [1.165, 1.54) is 0 Å². The monoisotopic (exact) mass is 282 g/mol. The molecule has 0 aromatic rings. The van der Waals surface area contributed by atoms with Gasteiger partial charge in [-0.05, 0) is 35.4 Å². The molecule has 4 heteroatoms. The third-order valence-electron chi connectivity index (χ3n) is 1.65. The van der Waals surface area contributed by atoms with Gasteiger partial charge in [0.05, 0.1) is 9.68 Å². The SMILES string of the molecule is C=C(I)C(=O)OC[C@@H]1CCCO1. The minimum Gasteiger partial charge on any atom is -0.459 e. The molecule has 1 atom stereocenters. The molecule has 1 saturated heterocycles. The summed E-state index contributed by atoms with van der Waals surface area (Å²) in [5.41, 5.74) is 0. The van der Waals surface area contributed by atoms with Crippen LogP contribution in [0.15, 0.2) is 10.2 Å². The summed E-state index contributed by atoms with van der Waals surface area (Å²) in [4.78, 5) is 10.9. The molecule has 0 unspecified atom stereocenters. The molecule has 1 aliphatic rings. The van der Waals surface area contributed by atoms with E-state index in [1.807, 2.05) is 22.6 Å². The van der Waals surface area contributed by atoms with Gasteiger partial charge in [0.15, 0.2) is 0 Å². The highest BCUT2D eigenvalue weighted by Crippen LogP contribution is 2.13. The van der Waals surface area contributed by atoms with Crippen LogP contribution >= 0.6 is 22.6 Å². The van der Waals surface area contributed by atoms with Crippen molar-refractivity contribution < 1.29 is 14.3 Å². The van der Waals surface area contributed by atoms with E-state index in [9.17, 15) is 4.79 Å². The number of ether oxygens (including phenoxy) is 2. The van der Waals surface area contributed by atoms with Crippen molar-refractivity contribution >= 4 is 28.6 Å². The molecule has 0 radical (unpaired) electrons. The Bertz CT molecular complexity index is 185. The maximum absolute atomic E-state index is 10.9. The molecule has 12 heavy (non-hydrogen) atoms. The summed E-state index contributed by atoms with van der Waals surface area (Å²) >= 11 is 1.85. The van der Waals surface area contributed by atoms with E-state index in [0.717, 1.165) is 19.4 Å². The molecule has 1 heterocycles. The molecule has 3 nitrogen and oxygen atoms in total. The van der Waals surface area contributed by atoms with Gasteiger partial charge < -0.3 is 9.47 Å². The van der Waals surface area contributed by atoms with E-state index < -0.39 is 0 Å². The van der Waals surface area contributed by atoms with Gasteiger partial charge in [-0.2, -0.15) is 0 Å². The summed E-state index contributed by atoms with van der Waals surface area (Å²) in [7, 11) is 0. The summed E-state index contributed by atoms with van der Waals surface area (Å²) < 4.78 is 10.6. The molecule has 1 aliphatic heterocycles. The summed E-state index contributed by atoms with van der Waals surface area (Å²) in [6, 6.07) is 0. The van der Waals surface area contributed by atoms with Crippen LogP contribution in [0.2, 0.25) is 0 Å². The predicted octanol–water partition coefficient (Wildman–Crippen LogP) is 1.66. The fourth-order valence-corrected chi connectivity index (χ4v) is 1.18. The van der Waals surface area contributed by atoms with Crippen molar-refractivity contribution in [2.75, 3.05) is 13.2 Å². The first-order chi connectivity index (χ1) is 5.70. The van der Waals surface area contributed by atoms with Gasteiger partial charge in [-0.25, -0.2) is 4.79 Å². The Balaban J connectivity index is 2.16. The third-order valence-corrected chi connectivity index (χ3v) is 2.09. The molecule has 1 fully saturated rings. The van der Waals surface area contributed by atoms with Gasteiger partial charge >= 0.3 is 5.97 Å². The molecule has 68 valence electrons. The number of carbonyl (C=O) groups excluding carboxylic acids is 1. The lowest BCUT2D eigenvalue weighted by Crippen LogP contribution is -2.17. The molecule has 1 rings (SSSR count). The molecule has 0 N–H and O–H groups in total. The van der Waals surface area contributed by atoms with Gasteiger partial charge in [-0.15, -0.1) is 0 Å². The maximum Gasteiger partial charge on any atom is 0.343 e. The molecule has 0 aliphatic carbocycles. The highest BCUT2D eigenvalue weighted by Gasteiger charge is 2.17. The van der Waals surface area contributed by atoms with Crippen molar-refractivity contribution in [3.8, 4) is 0 Å². The highest BCUT2D eigenvalue weighted by atomic mass is 127. The zero-order valence-corrected chi connectivity index (χ0v) is 8.87. The van der Waals surface area contributed by atoms with E-state index in [4.69, 9.17) is 9.47 Å². The van der Waals surface area contributed by atoms with E-state index >= 15 is 0 Å². The largest absolute Gasteiger partial charge is 0.459 e. The Morgan fingerprint density at radius 2 is 2.50 bits per heavy atom. The lowest BCUT2D eigenvalue weighted by atomic mass is 10.2. The predicted molar refractivity (Wildman–Crippen MR) is 53.1 cm³/mol. The lowest BCUT2D eigenvalue weighted by Gasteiger charge is -2.08. The van der Waals surface area contributed by atoms with Crippen molar-refractivity contribution in [3.63, 3.8) is 0 Å². The van der Waals surface area contributed by atoms with Crippen LogP contribution in [0.3, 0.4) is 0 Å². The number of hydrogen-bond donors (Lipinski definition) is 0. The van der Waals surface area contributed by atoms with Crippen LogP contribution in [-0.4, -0.2) is 25.3 Å². The Morgan fingerprint density at radius 3 is 3.00 bits per heavy atom. The van der Waals surface area contributed by atoms with Crippen LogP contribution < -0.4 is 0 Å². The number of halogens is 1. The first-order valence-corrected chi connectivity index (χ1v) is 4.91. The summed E-state index contributed by atoms with van der Waals surface area (Å²) in [5, 5.41) is 0. The van der Waals surface area contributed by atoms with Crippen molar-refractivity contribution in [3.05, 3.63) is 10.2 Å². The average Bonchev–Trinajstić information content (AvgIpc) is 2.51. The van der Waals surface area contributed by atoms with Gasteiger partial charge in [0.25, 0.3) is 0 Å². The molecular weight excluding hydrogens is 271 g/mol. The topological polar surface area (TPSA) is 35.5 Å². The van der Waals surface area contributed by atoms with Crippen molar-refractivity contribution in [2.24, 2.45) is 0 Å². The van der Waals surface area contributed by atoms with Gasteiger partial charge in [0, 0.05) is 6.61 Å². The zero-order valence-electron chi connectivity index (χ0n) is 6.72. The van der Waals surface area contributed by atoms with E-state index in [-0.39, 0.29) is 12.1 Å². The quantitative estimate of drug-likeness (QED) is 0.448. The Kier molecular flexibility index (Phi) is 4.00. The third kappa shape index (κ3) is 3.10. The highest BCUT2D eigenvalue weighted by molar-refractivity contribution is 14.1. The molecule has 0 saturated carbocycles. The fourth-order valence-electron chi connectivity index (χ4n) is 1.02. The average molecular weight is 282 g/mol. The van der Waals surface area contributed by atoms with Crippen LogP contribution in [0.25, 0.3) is 0 Å². The number of esters is 1. The smallest absolute Gasteiger partial charge is 0.343 e. The van der Waals surface area contributed by atoms with Gasteiger partial charge in [0.1, 0.15) is 6.61 Å². The van der Waals surface area contributed by atoms with Crippen LogP contribution in [0.1, 0.15) is 12.8 Å². The maximum atomic E-state index is 10.9. The molecule has 0 bridgehead atoms. The standard InChI is InChI=1S/C8H11IO3/c1-6(9)8(10)12-5-7-3-2-4-11-7/h7H,1-5H2/t7-/m0/s1. The van der Waals surface area contributed by atoms with Crippen molar-refractivity contribution in [1.29, 1.82) is 0 Å². The van der Waals surface area contributed by atoms with E-state index in [1.54, 1.807) is 0 Å². The second kappa shape index (κ2) is 4.81. The first kappa shape index (κ1) is 9.98. The molecule has 0 aromatic carbocycles. The minimum atomic E-state index is -0.342. The molecular formula is C8H11IO3. The number of carbonyl (C=O) groups is 1. The summed E-state index contributed by atoms with van der Waals surface area (Å²) in [5.74, 6) is -0.342. The van der Waals surface area contributed by atoms with E-state index in [2.05, 4.69) is 6.58 Å². The van der Waals surface area contributed by atoms with Crippen LogP contribution in [0.5, 0.6) is 0 Å². The summed E-state index contributed by atoms with van der Waals surface area (Å²) in [6.07, 6.45) is 2.15. The molecule has 0 amide bonds. The Labute approximate surface area is 85.2 Å². The first-order valence-electron chi connectivity index (χ1n) is 3.83. The fraction of sp³-hybridized carbons (Fsp3) is 0.625. The molecule has 0 aromatic heterocycles. The minimum absolute atomic E-state index is 0.102. The van der Waals surface area contributed by atoms with Gasteiger partial charge in [0.2, 0.25) is 0 Å². The van der Waals surface area contributed by atoms with Crippen molar-refractivity contribution in [2.45, 2.75) is 18.9 Å². The van der Waals surface area contributed by atoms with Crippen LogP contribution in [0.4, 0.5) is 0 Å². The van der Waals surface area contributed by atoms with Crippen LogP contribution in [-0.2, 0) is 14.3 Å². The van der Waals surface area contributed by atoms with Gasteiger partial charge in [-0.3, -0.25) is 0 Å². The summed E-state index contributed by atoms with van der Waals surface area (Å²) in [6.45, 7) is 4.62. The lowest BCUT2D eigenvalue weighted by molar-refractivity contribution is -0.141. The second-order valence-electron chi connectivity index (χ2n) is 2.64.